The third kappa shape index (κ3) is 6.15. The number of hydrogen-bond acceptors (Lipinski definition) is 2. The summed E-state index contributed by atoms with van der Waals surface area (Å²) in [4.78, 5) is 4.28. The summed E-state index contributed by atoms with van der Waals surface area (Å²) in [6.45, 7) is 12.1. The van der Waals surface area contributed by atoms with Crippen molar-refractivity contribution >= 4 is 68.3 Å². The van der Waals surface area contributed by atoms with E-state index in [0.29, 0.717) is 17.8 Å². The number of allylic oxidation sites excluding steroid dienone is 3. The van der Waals surface area contributed by atoms with Gasteiger partial charge in [-0.3, -0.25) is 0 Å². The van der Waals surface area contributed by atoms with E-state index < -0.39 is 0 Å². The fraction of sp³-hybridized carbons (Fsp3) is 0.158. The van der Waals surface area contributed by atoms with Gasteiger partial charge in [-0.1, -0.05) is 215 Å². The van der Waals surface area contributed by atoms with Crippen LogP contribution in [0.3, 0.4) is 0 Å². The van der Waals surface area contributed by atoms with E-state index in [1.807, 2.05) is 11.8 Å². The summed E-state index contributed by atoms with van der Waals surface area (Å²) in [6, 6.07) is 64.0. The van der Waals surface area contributed by atoms with Gasteiger partial charge in [-0.15, -0.1) is 11.8 Å². The van der Waals surface area contributed by atoms with Gasteiger partial charge in [0.25, 0.3) is 0 Å². The molecule has 60 heavy (non-hydrogen) atoms. The Morgan fingerprint density at radius 1 is 0.467 bits per heavy atom. The molecule has 0 amide bonds. The van der Waals surface area contributed by atoms with E-state index in [-0.39, 0.29) is 10.8 Å². The Morgan fingerprint density at radius 3 is 1.72 bits per heavy atom. The molecule has 8 aromatic carbocycles. The lowest BCUT2D eigenvalue weighted by Gasteiger charge is -2.44. The standard InChI is InChI=1S/C57H47BS2/c1-56(2,3)42-31-37(30-39(32-42)54-45-24-14-12-22-43(45)53(36-18-8-6-9-19-36)44-23-13-15-25-46(44)54)38-33-51-55-52(34-38)60-50-29-28-41(57(4,5)40-20-10-7-11-21-40)35-48(50)58(55)47-26-16-17-27-49(47)59-51/h6-35,52,55H,1-5H3. The first-order chi connectivity index (χ1) is 29.1. The van der Waals surface area contributed by atoms with Gasteiger partial charge in [0, 0.05) is 20.5 Å². The van der Waals surface area contributed by atoms with Gasteiger partial charge in [0.2, 0.25) is 6.71 Å². The highest BCUT2D eigenvalue weighted by Gasteiger charge is 2.48. The summed E-state index contributed by atoms with van der Waals surface area (Å²) in [7, 11) is 0. The fourth-order valence-electron chi connectivity index (χ4n) is 10.2. The molecule has 3 heteroatoms. The molecule has 8 aromatic rings. The van der Waals surface area contributed by atoms with Crippen LogP contribution >= 0.6 is 23.5 Å². The number of thioether (sulfide) groups is 2. The van der Waals surface area contributed by atoms with Crippen LogP contribution in [0, 0.1) is 0 Å². The SMILES string of the molecule is CC(C)(C)c1cc(C2=CC3Sc4ccc(C(C)(C)c5ccccc5)cc4B4c5ccccc5SC(=C2)C43)cc(-c2c3ccccc3c(-c3ccccc3)c3ccccc23)c1. The van der Waals surface area contributed by atoms with E-state index >= 15 is 0 Å². The van der Waals surface area contributed by atoms with Crippen LogP contribution in [0.1, 0.15) is 56.9 Å². The van der Waals surface area contributed by atoms with Gasteiger partial charge >= 0.3 is 0 Å². The Labute approximate surface area is 363 Å². The zero-order valence-electron chi connectivity index (χ0n) is 34.9. The lowest BCUT2D eigenvalue weighted by atomic mass is 9.32. The predicted octanol–water partition coefficient (Wildman–Crippen LogP) is 14.5. The van der Waals surface area contributed by atoms with Crippen molar-refractivity contribution in [1.82, 2.24) is 0 Å². The van der Waals surface area contributed by atoms with Gasteiger partial charge in [-0.25, -0.2) is 0 Å². The van der Waals surface area contributed by atoms with Gasteiger partial charge in [-0.2, -0.15) is 0 Å². The second kappa shape index (κ2) is 14.3. The topological polar surface area (TPSA) is 0 Å². The lowest BCUT2D eigenvalue weighted by molar-refractivity contribution is 0.590. The largest absolute Gasteiger partial charge is 0.221 e. The smallest absolute Gasteiger partial charge is 0.119 e. The molecular weight excluding hydrogens is 760 g/mol. The van der Waals surface area contributed by atoms with Gasteiger partial charge < -0.3 is 0 Å². The fourth-order valence-corrected chi connectivity index (χ4v) is 13.0. The van der Waals surface area contributed by atoms with Crippen molar-refractivity contribution in [2.24, 2.45) is 0 Å². The predicted molar refractivity (Wildman–Crippen MR) is 263 cm³/mol. The third-order valence-corrected chi connectivity index (χ3v) is 15.9. The van der Waals surface area contributed by atoms with Crippen molar-refractivity contribution in [2.75, 3.05) is 0 Å². The van der Waals surface area contributed by atoms with Gasteiger partial charge in [0.1, 0.15) is 0 Å². The molecule has 0 aromatic heterocycles. The van der Waals surface area contributed by atoms with Crippen molar-refractivity contribution in [3.63, 3.8) is 0 Å². The molecule has 2 aliphatic heterocycles. The minimum Gasteiger partial charge on any atom is -0.119 e. The van der Waals surface area contributed by atoms with Crippen LogP contribution in [0.15, 0.2) is 197 Å². The summed E-state index contributed by atoms with van der Waals surface area (Å²) in [5, 5.41) is 5.48. The van der Waals surface area contributed by atoms with Gasteiger partial charge in [0.05, 0.1) is 0 Å². The molecule has 11 rings (SSSR count). The van der Waals surface area contributed by atoms with Crippen molar-refractivity contribution in [3.05, 3.63) is 209 Å². The maximum Gasteiger partial charge on any atom is 0.221 e. The molecular formula is C57H47BS2. The number of benzene rings is 8. The lowest BCUT2D eigenvalue weighted by Crippen LogP contribution is -2.55. The first-order valence-electron chi connectivity index (χ1n) is 21.4. The van der Waals surface area contributed by atoms with Crippen LogP contribution in [0.2, 0.25) is 5.82 Å². The number of hydrogen-bond donors (Lipinski definition) is 0. The van der Waals surface area contributed by atoms with Gasteiger partial charge in [0.15, 0.2) is 0 Å². The molecule has 1 aliphatic carbocycles. The zero-order chi connectivity index (χ0) is 40.8. The maximum absolute atomic E-state index is 2.62. The van der Waals surface area contributed by atoms with Crippen LogP contribution in [-0.2, 0) is 10.8 Å². The Bertz CT molecular complexity index is 3000. The number of rotatable bonds is 5. The summed E-state index contributed by atoms with van der Waals surface area (Å²) >= 11 is 4.07. The van der Waals surface area contributed by atoms with Crippen molar-refractivity contribution in [2.45, 2.75) is 66.3 Å². The second-order valence-corrected chi connectivity index (χ2v) is 20.7. The highest BCUT2D eigenvalue weighted by atomic mass is 32.2. The minimum absolute atomic E-state index is 0.0430. The molecule has 2 atom stereocenters. The summed E-state index contributed by atoms with van der Waals surface area (Å²) in [6.07, 6.45) is 5.17. The van der Waals surface area contributed by atoms with E-state index in [4.69, 9.17) is 0 Å². The monoisotopic (exact) mass is 806 g/mol. The molecule has 0 spiro atoms. The van der Waals surface area contributed by atoms with Crippen LogP contribution in [0.25, 0.3) is 49.4 Å². The van der Waals surface area contributed by atoms with Crippen molar-refractivity contribution in [1.29, 1.82) is 0 Å². The molecule has 0 nitrogen and oxygen atoms in total. The van der Waals surface area contributed by atoms with E-state index in [9.17, 15) is 0 Å². The molecule has 0 fully saturated rings. The molecule has 3 aliphatic rings. The highest BCUT2D eigenvalue weighted by Crippen LogP contribution is 2.55. The molecule has 0 N–H and O–H groups in total. The average molecular weight is 807 g/mol. The van der Waals surface area contributed by atoms with E-state index in [1.165, 1.54) is 97.2 Å². The molecule has 0 saturated heterocycles. The Balaban J connectivity index is 1.09. The molecule has 0 saturated carbocycles. The molecule has 0 radical (unpaired) electrons. The quantitative estimate of drug-likeness (QED) is 0.126. The van der Waals surface area contributed by atoms with E-state index in [1.54, 1.807) is 0 Å². The highest BCUT2D eigenvalue weighted by molar-refractivity contribution is 8.04. The third-order valence-electron chi connectivity index (χ3n) is 13.4. The second-order valence-electron chi connectivity index (χ2n) is 18.4. The Morgan fingerprint density at radius 2 is 1.05 bits per heavy atom. The van der Waals surface area contributed by atoms with Crippen molar-refractivity contribution in [3.8, 4) is 22.3 Å². The Hall–Kier alpha value is -5.48. The maximum atomic E-state index is 2.62. The summed E-state index contributed by atoms with van der Waals surface area (Å²) < 4.78 is 0. The van der Waals surface area contributed by atoms with Crippen molar-refractivity contribution < 1.29 is 0 Å². The number of fused-ring (bicyclic) bond motifs is 6. The first-order valence-corrected chi connectivity index (χ1v) is 23.0. The average Bonchev–Trinajstić information content (AvgIpc) is 3.27. The van der Waals surface area contributed by atoms with E-state index in [2.05, 4.69) is 228 Å². The van der Waals surface area contributed by atoms with Gasteiger partial charge in [-0.05, 0) is 112 Å². The molecule has 290 valence electrons. The van der Waals surface area contributed by atoms with Crippen LogP contribution in [-0.4, -0.2) is 12.0 Å². The first kappa shape index (κ1) is 37.5. The normalized spacial score (nSPS) is 17.1. The van der Waals surface area contributed by atoms with E-state index in [0.717, 1.165) is 0 Å². The van der Waals surface area contributed by atoms with Crippen LogP contribution in [0.4, 0.5) is 0 Å². The molecule has 0 bridgehead atoms. The summed E-state index contributed by atoms with van der Waals surface area (Å²) in [5.41, 5.74) is 14.7. The van der Waals surface area contributed by atoms with Crippen LogP contribution in [0.5, 0.6) is 0 Å². The minimum atomic E-state index is -0.104. The Kier molecular flexibility index (Phi) is 8.96. The molecule has 2 unspecified atom stereocenters. The van der Waals surface area contributed by atoms with Crippen LogP contribution < -0.4 is 10.9 Å². The summed E-state index contributed by atoms with van der Waals surface area (Å²) in [5.74, 6) is 0.380. The molecule has 2 heterocycles. The zero-order valence-corrected chi connectivity index (χ0v) is 36.5.